The second-order valence-electron chi connectivity index (χ2n) is 3.37. The number of phenols is 1. The molecule has 0 radical (unpaired) electrons. The number of phenolic OH excluding ortho intramolecular Hbond substituents is 1. The molecule has 0 aliphatic carbocycles. The van der Waals surface area contributed by atoms with Crippen molar-refractivity contribution >= 4 is 11.6 Å². The molecule has 0 aromatic heterocycles. The van der Waals surface area contributed by atoms with Crippen LogP contribution in [0.1, 0.15) is 11.1 Å². The van der Waals surface area contributed by atoms with Crippen molar-refractivity contribution in [3.05, 3.63) is 64.7 Å². The first-order chi connectivity index (χ1) is 8.16. The van der Waals surface area contributed by atoms with Crippen molar-refractivity contribution in [3.63, 3.8) is 0 Å². The summed E-state index contributed by atoms with van der Waals surface area (Å²) in [5.41, 5.74) is 1.21. The van der Waals surface area contributed by atoms with Gasteiger partial charge in [-0.3, -0.25) is 0 Å². The molecule has 2 heteroatoms. The third kappa shape index (κ3) is 3.86. The Labute approximate surface area is 107 Å². The van der Waals surface area contributed by atoms with Crippen LogP contribution in [-0.4, -0.2) is 5.11 Å². The fourth-order valence-electron chi connectivity index (χ4n) is 1.24. The normalized spacial score (nSPS) is 8.76. The van der Waals surface area contributed by atoms with Crippen LogP contribution >= 0.6 is 11.6 Å². The van der Waals surface area contributed by atoms with E-state index in [0.29, 0.717) is 10.6 Å². The second-order valence-corrected chi connectivity index (χ2v) is 3.77. The number of aromatic hydroxyl groups is 1. The Hall–Kier alpha value is -1.91. The maximum absolute atomic E-state index is 9.21. The van der Waals surface area contributed by atoms with Crippen LogP contribution in [0, 0.1) is 19.3 Å². The fourth-order valence-corrected chi connectivity index (χ4v) is 1.40. The van der Waals surface area contributed by atoms with Gasteiger partial charge in [0.15, 0.2) is 0 Å². The summed E-state index contributed by atoms with van der Waals surface area (Å²) < 4.78 is 0. The summed E-state index contributed by atoms with van der Waals surface area (Å²) in [5.74, 6) is 2.48. The van der Waals surface area contributed by atoms with Crippen LogP contribution in [0.2, 0.25) is 5.02 Å². The highest BCUT2D eigenvalue weighted by Gasteiger charge is 2.04. The third-order valence-corrected chi connectivity index (χ3v) is 2.60. The van der Waals surface area contributed by atoms with Gasteiger partial charge in [-0.2, -0.15) is 0 Å². The van der Waals surface area contributed by atoms with Gasteiger partial charge < -0.3 is 5.11 Å². The van der Waals surface area contributed by atoms with Gasteiger partial charge in [0, 0.05) is 5.02 Å². The van der Waals surface area contributed by atoms with Crippen molar-refractivity contribution in [1.29, 1.82) is 0 Å². The summed E-state index contributed by atoms with van der Waals surface area (Å²) in [4.78, 5) is 0. The Morgan fingerprint density at radius 1 is 1.06 bits per heavy atom. The average Bonchev–Trinajstić information content (AvgIpc) is 2.38. The largest absolute Gasteiger partial charge is 0.507 e. The lowest BCUT2D eigenvalue weighted by Crippen LogP contribution is -1.83. The molecule has 0 unspecified atom stereocenters. The maximum atomic E-state index is 9.21. The lowest BCUT2D eigenvalue weighted by Gasteiger charge is -2.02. The lowest BCUT2D eigenvalue weighted by molar-refractivity contribution is 0.473. The van der Waals surface area contributed by atoms with E-state index in [2.05, 4.69) is 5.92 Å². The van der Waals surface area contributed by atoms with Crippen LogP contribution in [0.5, 0.6) is 5.75 Å². The van der Waals surface area contributed by atoms with E-state index >= 15 is 0 Å². The molecule has 0 aliphatic rings. The quantitative estimate of drug-likeness (QED) is 0.694. The summed E-state index contributed by atoms with van der Waals surface area (Å²) in [5, 5.41) is 9.79. The Morgan fingerprint density at radius 2 is 1.53 bits per heavy atom. The Bertz CT molecular complexity index is 486. The molecule has 1 nitrogen and oxygen atoms in total. The van der Waals surface area contributed by atoms with Crippen LogP contribution in [0.3, 0.4) is 0 Å². The average molecular weight is 245 g/mol. The van der Waals surface area contributed by atoms with E-state index in [4.69, 9.17) is 18.0 Å². The maximum Gasteiger partial charge on any atom is 0.131 e. The van der Waals surface area contributed by atoms with Gasteiger partial charge in [-0.05, 0) is 24.6 Å². The number of halogens is 1. The topological polar surface area (TPSA) is 20.2 Å². The minimum atomic E-state index is 0.106. The van der Waals surface area contributed by atoms with Crippen LogP contribution in [0.25, 0.3) is 0 Å². The standard InChI is InChI=1S/C9H7ClO.C6H6/c1-3-7-6(2)8(10)4-5-9(7)11;1-2-4-6-5-3-1/h1,4-5,11H,2H3;1-6H. The van der Waals surface area contributed by atoms with Crippen LogP contribution in [0.4, 0.5) is 0 Å². The van der Waals surface area contributed by atoms with Gasteiger partial charge in [-0.25, -0.2) is 0 Å². The summed E-state index contributed by atoms with van der Waals surface area (Å²) in [6, 6.07) is 15.1. The van der Waals surface area contributed by atoms with Crippen LogP contribution in [-0.2, 0) is 0 Å². The number of hydrogen-bond acceptors (Lipinski definition) is 1. The van der Waals surface area contributed by atoms with Crippen molar-refractivity contribution in [1.82, 2.24) is 0 Å². The zero-order chi connectivity index (χ0) is 12.7. The molecule has 1 N–H and O–H groups in total. The smallest absolute Gasteiger partial charge is 0.131 e. The Kier molecular flexibility index (Phi) is 5.13. The van der Waals surface area contributed by atoms with Crippen molar-refractivity contribution < 1.29 is 5.11 Å². The highest BCUT2D eigenvalue weighted by molar-refractivity contribution is 6.31. The molecule has 0 aliphatic heterocycles. The Morgan fingerprint density at radius 3 is 1.88 bits per heavy atom. The number of rotatable bonds is 0. The zero-order valence-electron chi connectivity index (χ0n) is 9.52. The van der Waals surface area contributed by atoms with Gasteiger partial charge in [0.2, 0.25) is 0 Å². The van der Waals surface area contributed by atoms with Gasteiger partial charge in [-0.1, -0.05) is 53.9 Å². The molecule has 2 aromatic rings. The van der Waals surface area contributed by atoms with E-state index in [9.17, 15) is 5.11 Å². The van der Waals surface area contributed by atoms with Gasteiger partial charge >= 0.3 is 0 Å². The van der Waals surface area contributed by atoms with E-state index in [1.54, 1.807) is 13.0 Å². The molecular formula is C15H13ClO. The molecule has 0 spiro atoms. The summed E-state index contributed by atoms with van der Waals surface area (Å²) in [6.45, 7) is 1.78. The van der Waals surface area contributed by atoms with Crippen molar-refractivity contribution in [3.8, 4) is 18.1 Å². The predicted molar refractivity (Wildman–Crippen MR) is 72.2 cm³/mol. The first-order valence-electron chi connectivity index (χ1n) is 5.11. The van der Waals surface area contributed by atoms with E-state index in [-0.39, 0.29) is 5.75 Å². The first-order valence-corrected chi connectivity index (χ1v) is 5.49. The third-order valence-electron chi connectivity index (χ3n) is 2.19. The molecule has 86 valence electrons. The van der Waals surface area contributed by atoms with Crippen molar-refractivity contribution in [2.24, 2.45) is 0 Å². The minimum Gasteiger partial charge on any atom is -0.507 e. The molecule has 0 fully saturated rings. The SMILES string of the molecule is C#Cc1c(O)ccc(Cl)c1C.c1ccccc1. The van der Waals surface area contributed by atoms with Gasteiger partial charge in [0.05, 0.1) is 5.56 Å². The van der Waals surface area contributed by atoms with Crippen LogP contribution < -0.4 is 0 Å². The van der Waals surface area contributed by atoms with E-state index in [1.807, 2.05) is 36.4 Å². The van der Waals surface area contributed by atoms with Crippen molar-refractivity contribution in [2.75, 3.05) is 0 Å². The monoisotopic (exact) mass is 244 g/mol. The van der Waals surface area contributed by atoms with Crippen molar-refractivity contribution in [2.45, 2.75) is 6.92 Å². The van der Waals surface area contributed by atoms with Gasteiger partial charge in [0.25, 0.3) is 0 Å². The number of terminal acetylenes is 1. The Balaban J connectivity index is 0.000000202. The van der Waals surface area contributed by atoms with E-state index < -0.39 is 0 Å². The van der Waals surface area contributed by atoms with E-state index in [1.165, 1.54) is 6.07 Å². The van der Waals surface area contributed by atoms with Crippen LogP contribution in [0.15, 0.2) is 48.5 Å². The molecule has 2 rings (SSSR count). The molecular weight excluding hydrogens is 232 g/mol. The summed E-state index contributed by atoms with van der Waals surface area (Å²) >= 11 is 5.76. The fraction of sp³-hybridized carbons (Fsp3) is 0.0667. The molecule has 0 saturated heterocycles. The molecule has 2 aromatic carbocycles. The second kappa shape index (κ2) is 6.62. The number of hydrogen-bond donors (Lipinski definition) is 1. The summed E-state index contributed by atoms with van der Waals surface area (Å²) in [6.07, 6.45) is 5.15. The molecule has 0 bridgehead atoms. The molecule has 0 amide bonds. The van der Waals surface area contributed by atoms with Gasteiger partial charge in [0.1, 0.15) is 5.75 Å². The highest BCUT2D eigenvalue weighted by Crippen LogP contribution is 2.25. The zero-order valence-corrected chi connectivity index (χ0v) is 10.3. The minimum absolute atomic E-state index is 0.106. The summed E-state index contributed by atoms with van der Waals surface area (Å²) in [7, 11) is 0. The molecule has 0 heterocycles. The number of benzene rings is 2. The molecule has 17 heavy (non-hydrogen) atoms. The first kappa shape index (κ1) is 13.2. The van der Waals surface area contributed by atoms with E-state index in [0.717, 1.165) is 5.56 Å². The highest BCUT2D eigenvalue weighted by atomic mass is 35.5. The molecule has 0 atom stereocenters. The molecule has 0 saturated carbocycles. The van der Waals surface area contributed by atoms with Gasteiger partial charge in [-0.15, -0.1) is 6.42 Å². The lowest BCUT2D eigenvalue weighted by atomic mass is 10.1. The predicted octanol–water partition coefficient (Wildman–Crippen LogP) is 4.02.